The van der Waals surface area contributed by atoms with E-state index in [1.165, 1.54) is 0 Å². The highest BCUT2D eigenvalue weighted by Gasteiger charge is 2.27. The van der Waals surface area contributed by atoms with E-state index in [0.717, 1.165) is 12.8 Å². The van der Waals surface area contributed by atoms with E-state index in [-0.39, 0.29) is 23.9 Å². The number of aromatic nitrogens is 1. The Hall–Kier alpha value is -4.25. The van der Waals surface area contributed by atoms with E-state index < -0.39 is 5.60 Å². The number of likely N-dealkylation sites (tertiary alicyclic amines) is 1. The second-order valence-electron chi connectivity index (χ2n) is 11.2. The molecule has 0 aliphatic carbocycles. The molecule has 4 rings (SSSR count). The maximum atomic E-state index is 12.9. The Morgan fingerprint density at radius 3 is 2.47 bits per heavy atom. The molecule has 1 aliphatic rings. The molecule has 0 radical (unpaired) electrons. The maximum absolute atomic E-state index is 12.9. The first-order valence-corrected chi connectivity index (χ1v) is 14.6. The Morgan fingerprint density at radius 1 is 1.07 bits per heavy atom. The molecule has 1 aliphatic heterocycles. The number of amides is 4. The first-order valence-electron chi connectivity index (χ1n) is 14.2. The lowest BCUT2D eigenvalue weighted by atomic mass is 9.98. The van der Waals surface area contributed by atoms with E-state index in [0.29, 0.717) is 70.7 Å². The molecule has 3 N–H and O–H groups in total. The highest BCUT2D eigenvalue weighted by Crippen LogP contribution is 2.36. The monoisotopic (exact) mass is 611 g/mol. The highest BCUT2D eigenvalue weighted by atomic mass is 35.5. The van der Waals surface area contributed by atoms with Crippen molar-refractivity contribution >= 4 is 46.2 Å². The number of ether oxygens (including phenoxy) is 3. The van der Waals surface area contributed by atoms with Crippen molar-refractivity contribution in [2.45, 2.75) is 46.1 Å². The van der Waals surface area contributed by atoms with Gasteiger partial charge in [-0.1, -0.05) is 11.6 Å². The number of anilines is 1. The molecule has 0 spiro atoms. The third kappa shape index (κ3) is 8.41. The zero-order valence-corrected chi connectivity index (χ0v) is 25.8. The lowest BCUT2D eigenvalue weighted by Gasteiger charge is -2.33. The average Bonchev–Trinajstić information content (AvgIpc) is 2.96. The second kappa shape index (κ2) is 13.8. The number of hydrogen-bond donors (Lipinski definition) is 3. The highest BCUT2D eigenvalue weighted by molar-refractivity contribution is 6.33. The third-order valence-electron chi connectivity index (χ3n) is 6.77. The van der Waals surface area contributed by atoms with Crippen LogP contribution in [0.5, 0.6) is 17.2 Å². The van der Waals surface area contributed by atoms with E-state index >= 15 is 0 Å². The molecule has 2 aromatic carbocycles. The van der Waals surface area contributed by atoms with Crippen molar-refractivity contribution in [3.05, 3.63) is 53.2 Å². The van der Waals surface area contributed by atoms with Gasteiger partial charge in [0.25, 0.3) is 5.91 Å². The fraction of sp³-hybridized carbons (Fsp3) is 0.419. The van der Waals surface area contributed by atoms with Gasteiger partial charge in [0.15, 0.2) is 0 Å². The molecule has 0 bridgehead atoms. The summed E-state index contributed by atoms with van der Waals surface area (Å²) >= 11 is 6.38. The Kier molecular flexibility index (Phi) is 10.2. The molecular formula is C31H38ClN5O6. The van der Waals surface area contributed by atoms with E-state index in [2.05, 4.69) is 20.9 Å². The van der Waals surface area contributed by atoms with E-state index in [1.54, 1.807) is 54.5 Å². The lowest BCUT2D eigenvalue weighted by Crippen LogP contribution is -2.42. The van der Waals surface area contributed by atoms with Crippen molar-refractivity contribution in [3.8, 4) is 17.2 Å². The van der Waals surface area contributed by atoms with Gasteiger partial charge in [-0.25, -0.2) is 9.59 Å². The molecule has 11 nitrogen and oxygen atoms in total. The number of rotatable bonds is 8. The number of piperidine rings is 1. The van der Waals surface area contributed by atoms with Gasteiger partial charge in [0.05, 0.1) is 28.4 Å². The molecule has 1 aromatic heterocycles. The molecule has 230 valence electrons. The predicted octanol–water partition coefficient (Wildman–Crippen LogP) is 6.21. The maximum Gasteiger partial charge on any atom is 0.410 e. The summed E-state index contributed by atoms with van der Waals surface area (Å²) in [6.07, 6.45) is 2.83. The summed E-state index contributed by atoms with van der Waals surface area (Å²) < 4.78 is 17.8. The number of fused-ring (bicyclic) bond motifs is 1. The third-order valence-corrected chi connectivity index (χ3v) is 7.08. The van der Waals surface area contributed by atoms with Crippen molar-refractivity contribution in [1.82, 2.24) is 20.5 Å². The molecule has 1 fully saturated rings. The summed E-state index contributed by atoms with van der Waals surface area (Å²) in [6, 6.07) is 9.70. The minimum atomic E-state index is -0.537. The van der Waals surface area contributed by atoms with Gasteiger partial charge in [0.1, 0.15) is 22.8 Å². The first-order chi connectivity index (χ1) is 20.5. The van der Waals surface area contributed by atoms with Gasteiger partial charge in [-0.2, -0.15) is 0 Å². The zero-order valence-electron chi connectivity index (χ0n) is 25.1. The molecule has 12 heteroatoms. The Labute approximate surface area is 256 Å². The van der Waals surface area contributed by atoms with Crippen molar-refractivity contribution < 1.29 is 28.6 Å². The van der Waals surface area contributed by atoms with Gasteiger partial charge < -0.3 is 35.1 Å². The molecular weight excluding hydrogens is 574 g/mol. The number of nitrogens with one attached hydrogen (secondary N) is 3. The normalized spacial score (nSPS) is 13.8. The van der Waals surface area contributed by atoms with Crippen LogP contribution in [0.25, 0.3) is 10.9 Å². The second-order valence-corrected chi connectivity index (χ2v) is 11.6. The topological polar surface area (TPSA) is 131 Å². The largest absolute Gasteiger partial charge is 0.492 e. The van der Waals surface area contributed by atoms with Gasteiger partial charge in [-0.15, -0.1) is 0 Å². The smallest absolute Gasteiger partial charge is 0.410 e. The van der Waals surface area contributed by atoms with Crippen LogP contribution in [0.2, 0.25) is 5.02 Å². The Bertz CT molecular complexity index is 1480. The number of benzene rings is 2. The van der Waals surface area contributed by atoms with Gasteiger partial charge in [0.2, 0.25) is 0 Å². The van der Waals surface area contributed by atoms with Crippen LogP contribution in [0, 0.1) is 5.92 Å². The summed E-state index contributed by atoms with van der Waals surface area (Å²) in [5.41, 5.74) is 0.836. The number of nitrogens with zero attached hydrogens (tertiary/aromatic N) is 2. The fourth-order valence-corrected chi connectivity index (χ4v) is 4.82. The van der Waals surface area contributed by atoms with Crippen LogP contribution in [0.3, 0.4) is 0 Å². The minimum Gasteiger partial charge on any atom is -0.492 e. The van der Waals surface area contributed by atoms with Crippen molar-refractivity contribution in [1.29, 1.82) is 0 Å². The number of carbonyl (C=O) groups excluding carboxylic acids is 3. The quantitative estimate of drug-likeness (QED) is 0.276. The molecule has 0 saturated carbocycles. The number of carbonyl (C=O) groups is 3. The van der Waals surface area contributed by atoms with E-state index in [1.807, 2.05) is 27.7 Å². The molecule has 4 amide bonds. The molecule has 43 heavy (non-hydrogen) atoms. The Balaban J connectivity index is 1.49. The summed E-state index contributed by atoms with van der Waals surface area (Å²) in [6.45, 7) is 9.42. The zero-order chi connectivity index (χ0) is 31.1. The summed E-state index contributed by atoms with van der Waals surface area (Å²) in [5.74, 6) is 1.23. The molecule has 1 saturated heterocycles. The predicted molar refractivity (Wildman–Crippen MR) is 165 cm³/mol. The van der Waals surface area contributed by atoms with Crippen molar-refractivity contribution in [2.24, 2.45) is 5.92 Å². The Morgan fingerprint density at radius 2 is 1.81 bits per heavy atom. The fourth-order valence-electron chi connectivity index (χ4n) is 4.60. The summed E-state index contributed by atoms with van der Waals surface area (Å²) in [7, 11) is 1.56. The van der Waals surface area contributed by atoms with Crippen LogP contribution in [0.1, 0.15) is 50.9 Å². The van der Waals surface area contributed by atoms with Crippen LogP contribution in [0.15, 0.2) is 42.6 Å². The van der Waals surface area contributed by atoms with Crippen LogP contribution in [-0.4, -0.2) is 66.8 Å². The first kappa shape index (κ1) is 31.7. The standard InChI is InChI=1S/C31H38ClN5O6/c1-6-34-29(39)36-24-8-7-20(15-23(24)32)42-26-9-12-35-25-17-27(22(16-21(25)26)28(38)33-5)41-18-19-10-13-37(14-11-19)30(40)43-31(2,3)4/h7-9,12,15-17,19H,6,10-11,13-14,18H2,1-5H3,(H,33,38)(H2,34,36,39). The number of hydrogen-bond acceptors (Lipinski definition) is 7. The van der Waals surface area contributed by atoms with Gasteiger partial charge in [0, 0.05) is 50.4 Å². The van der Waals surface area contributed by atoms with E-state index in [4.69, 9.17) is 25.8 Å². The SMILES string of the molecule is CCNC(=O)Nc1ccc(Oc2ccnc3cc(OCC4CCN(C(=O)OC(C)(C)C)CC4)c(C(=O)NC)cc23)cc1Cl. The van der Waals surface area contributed by atoms with Crippen molar-refractivity contribution in [2.75, 3.05) is 38.6 Å². The molecule has 2 heterocycles. The lowest BCUT2D eigenvalue weighted by molar-refractivity contribution is 0.0164. The van der Waals surface area contributed by atoms with Crippen LogP contribution < -0.4 is 25.4 Å². The van der Waals surface area contributed by atoms with Gasteiger partial charge >= 0.3 is 12.1 Å². The molecule has 3 aromatic rings. The number of urea groups is 1. The van der Waals surface area contributed by atoms with Crippen LogP contribution >= 0.6 is 11.6 Å². The average molecular weight is 612 g/mol. The molecule has 0 unspecified atom stereocenters. The number of pyridine rings is 1. The minimum absolute atomic E-state index is 0.213. The van der Waals surface area contributed by atoms with Crippen LogP contribution in [0.4, 0.5) is 15.3 Å². The summed E-state index contributed by atoms with van der Waals surface area (Å²) in [4.78, 5) is 43.3. The van der Waals surface area contributed by atoms with Crippen LogP contribution in [-0.2, 0) is 4.74 Å². The van der Waals surface area contributed by atoms with Gasteiger partial charge in [-0.3, -0.25) is 9.78 Å². The van der Waals surface area contributed by atoms with Crippen molar-refractivity contribution in [3.63, 3.8) is 0 Å². The number of halogens is 1. The van der Waals surface area contributed by atoms with E-state index in [9.17, 15) is 14.4 Å². The molecule has 0 atom stereocenters. The summed E-state index contributed by atoms with van der Waals surface area (Å²) in [5, 5.41) is 8.93. The van der Waals surface area contributed by atoms with Gasteiger partial charge in [-0.05, 0) is 70.7 Å².